The number of rotatable bonds is 7. The highest BCUT2D eigenvalue weighted by Crippen LogP contribution is 2.03. The Hall–Kier alpha value is -2.23. The molecule has 1 heterocycles. The van der Waals surface area contributed by atoms with Crippen molar-refractivity contribution in [3.05, 3.63) is 54.5 Å². The van der Waals surface area contributed by atoms with Crippen molar-refractivity contribution in [3.63, 3.8) is 0 Å². The third-order valence-electron chi connectivity index (χ3n) is 2.91. The van der Waals surface area contributed by atoms with Gasteiger partial charge >= 0.3 is 0 Å². The summed E-state index contributed by atoms with van der Waals surface area (Å²) in [4.78, 5) is 16.2. The van der Waals surface area contributed by atoms with Crippen LogP contribution in [0.4, 0.5) is 0 Å². The minimum absolute atomic E-state index is 0.0707. The second kappa shape index (κ2) is 7.38. The van der Waals surface area contributed by atoms with Crippen LogP contribution in [0.5, 0.6) is 5.88 Å². The molecule has 4 nitrogen and oxygen atoms in total. The normalized spacial score (nSPS) is 10.2. The molecule has 0 aliphatic carbocycles. The minimum Gasteiger partial charge on any atom is -0.473 e. The lowest BCUT2D eigenvalue weighted by Gasteiger charge is -2.03. The minimum atomic E-state index is 0.0707. The zero-order valence-corrected chi connectivity index (χ0v) is 11.7. The molecule has 0 saturated carbocycles. The van der Waals surface area contributed by atoms with Crippen molar-refractivity contribution in [2.75, 3.05) is 6.61 Å². The molecular weight excluding hydrogens is 252 g/mol. The Morgan fingerprint density at radius 1 is 1.30 bits per heavy atom. The van der Waals surface area contributed by atoms with Gasteiger partial charge in [-0.3, -0.25) is 4.79 Å². The van der Waals surface area contributed by atoms with E-state index in [2.05, 4.69) is 11.9 Å². The first kappa shape index (κ1) is 14.2. The van der Waals surface area contributed by atoms with Crippen molar-refractivity contribution in [3.8, 4) is 5.88 Å². The molecule has 104 valence electrons. The fourth-order valence-corrected chi connectivity index (χ4v) is 1.79. The standard InChI is InChI=1S/C16H19N2O2/c1-2-3-11-20-16-13-18(10-9-17-16)12-15(19)14-7-5-4-6-8-14/h4-10,13H,2-3,11-12H2,1H3/q+1. The predicted octanol–water partition coefficient (Wildman–Crippen LogP) is 2.43. The molecule has 0 fully saturated rings. The summed E-state index contributed by atoms with van der Waals surface area (Å²) in [5, 5.41) is 0. The first-order chi connectivity index (χ1) is 9.79. The molecule has 0 aliphatic rings. The van der Waals surface area contributed by atoms with Gasteiger partial charge in [0.15, 0.2) is 6.20 Å². The highest BCUT2D eigenvalue weighted by molar-refractivity contribution is 5.94. The summed E-state index contributed by atoms with van der Waals surface area (Å²) in [6.07, 6.45) is 7.27. The average molecular weight is 271 g/mol. The van der Waals surface area contributed by atoms with Gasteiger partial charge in [0.2, 0.25) is 18.5 Å². The van der Waals surface area contributed by atoms with E-state index < -0.39 is 0 Å². The topological polar surface area (TPSA) is 43.1 Å². The van der Waals surface area contributed by atoms with Crippen LogP contribution in [0.1, 0.15) is 30.1 Å². The van der Waals surface area contributed by atoms with Crippen LogP contribution in [-0.2, 0) is 6.54 Å². The van der Waals surface area contributed by atoms with Crippen molar-refractivity contribution in [2.45, 2.75) is 26.3 Å². The molecule has 0 aliphatic heterocycles. The van der Waals surface area contributed by atoms with E-state index in [0.29, 0.717) is 18.1 Å². The highest BCUT2D eigenvalue weighted by atomic mass is 16.5. The molecule has 1 aromatic heterocycles. The molecular formula is C16H19N2O2+. The molecule has 0 N–H and O–H groups in total. The van der Waals surface area contributed by atoms with Gasteiger partial charge in [-0.15, -0.1) is 0 Å². The number of carbonyl (C=O) groups is 1. The van der Waals surface area contributed by atoms with E-state index >= 15 is 0 Å². The predicted molar refractivity (Wildman–Crippen MR) is 75.6 cm³/mol. The first-order valence-corrected chi connectivity index (χ1v) is 6.85. The number of aromatic nitrogens is 2. The summed E-state index contributed by atoms with van der Waals surface area (Å²) in [5.74, 6) is 0.628. The average Bonchev–Trinajstić information content (AvgIpc) is 2.49. The van der Waals surface area contributed by atoms with E-state index in [1.807, 2.05) is 30.3 Å². The summed E-state index contributed by atoms with van der Waals surface area (Å²) in [5.41, 5.74) is 0.713. The molecule has 0 unspecified atom stereocenters. The van der Waals surface area contributed by atoms with Gasteiger partial charge in [-0.25, -0.2) is 4.98 Å². The van der Waals surface area contributed by atoms with Crippen LogP contribution in [0.2, 0.25) is 0 Å². The maximum atomic E-state index is 12.1. The Morgan fingerprint density at radius 3 is 2.85 bits per heavy atom. The van der Waals surface area contributed by atoms with Gasteiger partial charge in [-0.1, -0.05) is 43.7 Å². The van der Waals surface area contributed by atoms with Crippen LogP contribution in [0.25, 0.3) is 0 Å². The zero-order chi connectivity index (χ0) is 14.2. The van der Waals surface area contributed by atoms with E-state index in [1.165, 1.54) is 0 Å². The van der Waals surface area contributed by atoms with Crippen LogP contribution in [-0.4, -0.2) is 17.4 Å². The van der Waals surface area contributed by atoms with Crippen LogP contribution in [0.15, 0.2) is 48.9 Å². The van der Waals surface area contributed by atoms with E-state index in [0.717, 1.165) is 12.8 Å². The molecule has 2 rings (SSSR count). The maximum absolute atomic E-state index is 12.1. The maximum Gasteiger partial charge on any atom is 0.279 e. The van der Waals surface area contributed by atoms with Gasteiger partial charge in [0.05, 0.1) is 12.8 Å². The van der Waals surface area contributed by atoms with E-state index in [4.69, 9.17) is 4.74 Å². The van der Waals surface area contributed by atoms with Crippen molar-refractivity contribution in [2.24, 2.45) is 0 Å². The molecule has 0 amide bonds. The van der Waals surface area contributed by atoms with Gasteiger partial charge in [0.1, 0.15) is 0 Å². The van der Waals surface area contributed by atoms with Crippen LogP contribution in [0, 0.1) is 0 Å². The quantitative estimate of drug-likeness (QED) is 0.441. The number of hydrogen-bond acceptors (Lipinski definition) is 3. The number of Topliss-reactive ketones (excluding diaryl/α,β-unsaturated/α-hetero) is 1. The fraction of sp³-hybridized carbons (Fsp3) is 0.312. The van der Waals surface area contributed by atoms with Crippen molar-refractivity contribution >= 4 is 5.78 Å². The highest BCUT2D eigenvalue weighted by Gasteiger charge is 2.13. The molecule has 2 aromatic rings. The van der Waals surface area contributed by atoms with Gasteiger partial charge in [0.25, 0.3) is 5.88 Å². The SMILES string of the molecule is CCCCOc1c[n+](CC(=O)c2ccccc2)ccn1. The smallest absolute Gasteiger partial charge is 0.279 e. The van der Waals surface area contributed by atoms with Gasteiger partial charge in [-0.05, 0) is 6.42 Å². The monoisotopic (exact) mass is 271 g/mol. The van der Waals surface area contributed by atoms with Crippen molar-refractivity contribution in [1.82, 2.24) is 4.98 Å². The Morgan fingerprint density at radius 2 is 2.10 bits per heavy atom. The van der Waals surface area contributed by atoms with Gasteiger partial charge in [0, 0.05) is 5.56 Å². The second-order valence-electron chi connectivity index (χ2n) is 4.56. The number of ether oxygens (including phenoxy) is 1. The third-order valence-corrected chi connectivity index (χ3v) is 2.91. The molecule has 4 heteroatoms. The summed E-state index contributed by atoms with van der Waals surface area (Å²) >= 11 is 0. The lowest BCUT2D eigenvalue weighted by atomic mass is 10.1. The summed E-state index contributed by atoms with van der Waals surface area (Å²) in [6.45, 7) is 3.05. The Bertz CT molecular complexity index is 555. The number of unbranched alkanes of at least 4 members (excludes halogenated alkanes) is 1. The number of nitrogens with zero attached hydrogens (tertiary/aromatic N) is 2. The lowest BCUT2D eigenvalue weighted by Crippen LogP contribution is -2.37. The number of hydrogen-bond donors (Lipinski definition) is 0. The molecule has 0 saturated heterocycles. The first-order valence-electron chi connectivity index (χ1n) is 6.85. The van der Waals surface area contributed by atoms with Crippen LogP contribution < -0.4 is 9.30 Å². The Labute approximate surface area is 119 Å². The molecule has 0 radical (unpaired) electrons. The Balaban J connectivity index is 1.99. The van der Waals surface area contributed by atoms with Crippen molar-refractivity contribution in [1.29, 1.82) is 0 Å². The zero-order valence-electron chi connectivity index (χ0n) is 11.7. The van der Waals surface area contributed by atoms with Crippen molar-refractivity contribution < 1.29 is 14.1 Å². The van der Waals surface area contributed by atoms with Gasteiger partial charge < -0.3 is 4.74 Å². The van der Waals surface area contributed by atoms with E-state index in [1.54, 1.807) is 23.2 Å². The summed E-state index contributed by atoms with van der Waals surface area (Å²) in [7, 11) is 0. The molecule has 0 atom stereocenters. The molecule has 0 bridgehead atoms. The summed E-state index contributed by atoms with van der Waals surface area (Å²) < 4.78 is 7.33. The third kappa shape index (κ3) is 4.16. The van der Waals surface area contributed by atoms with E-state index in [-0.39, 0.29) is 12.3 Å². The van der Waals surface area contributed by atoms with Crippen LogP contribution >= 0.6 is 0 Å². The lowest BCUT2D eigenvalue weighted by molar-refractivity contribution is -0.684. The molecule has 20 heavy (non-hydrogen) atoms. The fourth-order valence-electron chi connectivity index (χ4n) is 1.79. The summed E-state index contributed by atoms with van der Waals surface area (Å²) in [6, 6.07) is 9.27. The van der Waals surface area contributed by atoms with E-state index in [9.17, 15) is 4.79 Å². The van der Waals surface area contributed by atoms with Gasteiger partial charge in [-0.2, -0.15) is 4.57 Å². The molecule has 1 aromatic carbocycles. The molecule has 0 spiro atoms. The van der Waals surface area contributed by atoms with Crippen LogP contribution in [0.3, 0.4) is 0 Å². The number of benzene rings is 1. The number of carbonyl (C=O) groups excluding carboxylic acids is 1. The largest absolute Gasteiger partial charge is 0.473 e. The second-order valence-corrected chi connectivity index (χ2v) is 4.56. The Kier molecular flexibility index (Phi) is 5.24. The number of ketones is 1.